The number of nitrogens with one attached hydrogen (secondary N) is 1. The van der Waals surface area contributed by atoms with Crippen LogP contribution in [0.3, 0.4) is 0 Å². The summed E-state index contributed by atoms with van der Waals surface area (Å²) in [5.41, 5.74) is 1.33. The second kappa shape index (κ2) is 13.3. The third-order valence-electron chi connectivity index (χ3n) is 3.27. The maximum atomic E-state index is 5.43. The van der Waals surface area contributed by atoms with Crippen LogP contribution >= 0.6 is 12.4 Å². The van der Waals surface area contributed by atoms with Crippen molar-refractivity contribution in [1.29, 1.82) is 0 Å². The SMILES string of the molecule is CCCCCCCCNCc1ccc(OCC)cc1.Cl. The molecule has 0 amide bonds. The van der Waals surface area contributed by atoms with Gasteiger partial charge >= 0.3 is 0 Å². The maximum Gasteiger partial charge on any atom is 0.119 e. The fraction of sp³-hybridized carbons (Fsp3) is 0.647. The lowest BCUT2D eigenvalue weighted by molar-refractivity contribution is 0.340. The molecule has 0 unspecified atom stereocenters. The van der Waals surface area contributed by atoms with Gasteiger partial charge in [0.2, 0.25) is 0 Å². The molecule has 1 N–H and O–H groups in total. The number of benzene rings is 1. The fourth-order valence-electron chi connectivity index (χ4n) is 2.13. The molecule has 0 fully saturated rings. The first-order valence-electron chi connectivity index (χ1n) is 7.79. The lowest BCUT2D eigenvalue weighted by Gasteiger charge is -2.07. The summed E-state index contributed by atoms with van der Waals surface area (Å²) in [7, 11) is 0. The zero-order valence-corrected chi connectivity index (χ0v) is 13.8. The highest BCUT2D eigenvalue weighted by molar-refractivity contribution is 5.85. The minimum absolute atomic E-state index is 0. The van der Waals surface area contributed by atoms with Gasteiger partial charge in [0.25, 0.3) is 0 Å². The Balaban J connectivity index is 0.00000361. The second-order valence-electron chi connectivity index (χ2n) is 5.02. The standard InChI is InChI=1S/C17H29NO.ClH/c1-3-5-6-7-8-9-14-18-15-16-10-12-17(13-11-16)19-4-2;/h10-13,18H,3-9,14-15H2,1-2H3;1H. The molecule has 2 nitrogen and oxygen atoms in total. The van der Waals surface area contributed by atoms with Crippen LogP contribution in [0.25, 0.3) is 0 Å². The van der Waals surface area contributed by atoms with Crippen molar-refractivity contribution in [3.63, 3.8) is 0 Å². The highest BCUT2D eigenvalue weighted by Crippen LogP contribution is 2.11. The van der Waals surface area contributed by atoms with E-state index in [-0.39, 0.29) is 12.4 Å². The number of hydrogen-bond acceptors (Lipinski definition) is 2. The third-order valence-corrected chi connectivity index (χ3v) is 3.27. The Morgan fingerprint density at radius 2 is 1.55 bits per heavy atom. The number of unbranched alkanes of at least 4 members (excludes halogenated alkanes) is 5. The molecule has 0 heterocycles. The van der Waals surface area contributed by atoms with E-state index < -0.39 is 0 Å². The molecule has 0 saturated heterocycles. The molecule has 0 spiro atoms. The zero-order chi connectivity index (χ0) is 13.8. The highest BCUT2D eigenvalue weighted by Gasteiger charge is 1.95. The fourth-order valence-corrected chi connectivity index (χ4v) is 2.13. The number of hydrogen-bond donors (Lipinski definition) is 1. The Morgan fingerprint density at radius 1 is 0.900 bits per heavy atom. The Morgan fingerprint density at radius 3 is 2.20 bits per heavy atom. The summed E-state index contributed by atoms with van der Waals surface area (Å²) in [6.45, 7) is 7.09. The first-order valence-corrected chi connectivity index (χ1v) is 7.79. The molecule has 1 aromatic carbocycles. The lowest BCUT2D eigenvalue weighted by Crippen LogP contribution is -2.14. The zero-order valence-electron chi connectivity index (χ0n) is 13.0. The number of ether oxygens (including phenoxy) is 1. The number of halogens is 1. The van der Waals surface area contributed by atoms with Crippen LogP contribution in [0.2, 0.25) is 0 Å². The molecule has 0 saturated carbocycles. The minimum Gasteiger partial charge on any atom is -0.494 e. The van der Waals surface area contributed by atoms with Gasteiger partial charge in [-0.2, -0.15) is 0 Å². The van der Waals surface area contributed by atoms with Gasteiger partial charge in [-0.25, -0.2) is 0 Å². The topological polar surface area (TPSA) is 21.3 Å². The molecular formula is C17H30ClNO. The summed E-state index contributed by atoms with van der Waals surface area (Å²) in [5.74, 6) is 0.960. The summed E-state index contributed by atoms with van der Waals surface area (Å²) < 4.78 is 5.43. The van der Waals surface area contributed by atoms with Crippen molar-refractivity contribution >= 4 is 12.4 Å². The molecule has 3 heteroatoms. The predicted octanol–water partition coefficient (Wildman–Crippen LogP) is 4.96. The van der Waals surface area contributed by atoms with Crippen molar-refractivity contribution in [3.05, 3.63) is 29.8 Å². The second-order valence-corrected chi connectivity index (χ2v) is 5.02. The van der Waals surface area contributed by atoms with Crippen LogP contribution < -0.4 is 10.1 Å². The molecular weight excluding hydrogens is 270 g/mol. The molecule has 0 bridgehead atoms. The first kappa shape index (κ1) is 19.3. The van der Waals surface area contributed by atoms with Crippen LogP contribution in [0.15, 0.2) is 24.3 Å². The Labute approximate surface area is 130 Å². The molecule has 0 atom stereocenters. The summed E-state index contributed by atoms with van der Waals surface area (Å²) in [6.07, 6.45) is 8.15. The molecule has 1 aromatic rings. The van der Waals surface area contributed by atoms with Crippen LogP contribution in [0, 0.1) is 0 Å². The van der Waals surface area contributed by atoms with Crippen molar-refractivity contribution in [2.75, 3.05) is 13.2 Å². The normalized spacial score (nSPS) is 10.1. The van der Waals surface area contributed by atoms with Gasteiger partial charge < -0.3 is 10.1 Å². The monoisotopic (exact) mass is 299 g/mol. The van der Waals surface area contributed by atoms with E-state index in [1.165, 1.54) is 44.1 Å². The maximum absolute atomic E-state index is 5.43. The van der Waals surface area contributed by atoms with Gasteiger partial charge in [0.1, 0.15) is 5.75 Å². The van der Waals surface area contributed by atoms with Crippen LogP contribution in [0.5, 0.6) is 5.75 Å². The van der Waals surface area contributed by atoms with E-state index in [4.69, 9.17) is 4.74 Å². The summed E-state index contributed by atoms with van der Waals surface area (Å²) >= 11 is 0. The van der Waals surface area contributed by atoms with Crippen LogP contribution in [-0.2, 0) is 6.54 Å². The quantitative estimate of drug-likeness (QED) is 0.583. The van der Waals surface area contributed by atoms with Gasteiger partial charge in [-0.3, -0.25) is 0 Å². The van der Waals surface area contributed by atoms with E-state index >= 15 is 0 Å². The summed E-state index contributed by atoms with van der Waals surface area (Å²) in [4.78, 5) is 0. The first-order chi connectivity index (χ1) is 9.36. The van der Waals surface area contributed by atoms with Crippen molar-refractivity contribution < 1.29 is 4.74 Å². The molecule has 0 aliphatic heterocycles. The van der Waals surface area contributed by atoms with E-state index in [0.29, 0.717) is 0 Å². The van der Waals surface area contributed by atoms with Gasteiger partial charge in [-0.1, -0.05) is 51.2 Å². The molecule has 20 heavy (non-hydrogen) atoms. The third kappa shape index (κ3) is 9.22. The number of rotatable bonds is 11. The van der Waals surface area contributed by atoms with Crippen molar-refractivity contribution in [2.24, 2.45) is 0 Å². The van der Waals surface area contributed by atoms with Crippen LogP contribution in [-0.4, -0.2) is 13.2 Å². The van der Waals surface area contributed by atoms with E-state index in [2.05, 4.69) is 24.4 Å². The van der Waals surface area contributed by atoms with E-state index in [1.807, 2.05) is 19.1 Å². The predicted molar refractivity (Wildman–Crippen MR) is 89.9 cm³/mol. The van der Waals surface area contributed by atoms with E-state index in [1.54, 1.807) is 0 Å². The van der Waals surface area contributed by atoms with Gasteiger partial charge in [0, 0.05) is 6.54 Å². The molecule has 0 radical (unpaired) electrons. The molecule has 0 aliphatic rings. The van der Waals surface area contributed by atoms with Gasteiger partial charge in [-0.15, -0.1) is 12.4 Å². The molecule has 116 valence electrons. The van der Waals surface area contributed by atoms with E-state index in [0.717, 1.165) is 25.4 Å². The van der Waals surface area contributed by atoms with Crippen molar-refractivity contribution in [3.8, 4) is 5.75 Å². The van der Waals surface area contributed by atoms with Gasteiger partial charge in [0.05, 0.1) is 6.61 Å². The Kier molecular flexibility index (Phi) is 12.8. The lowest BCUT2D eigenvalue weighted by atomic mass is 10.1. The minimum atomic E-state index is 0. The highest BCUT2D eigenvalue weighted by atomic mass is 35.5. The van der Waals surface area contributed by atoms with E-state index in [9.17, 15) is 0 Å². The molecule has 0 aromatic heterocycles. The Hall–Kier alpha value is -0.730. The average molecular weight is 300 g/mol. The van der Waals surface area contributed by atoms with Gasteiger partial charge in [-0.05, 0) is 37.6 Å². The largest absolute Gasteiger partial charge is 0.494 e. The smallest absolute Gasteiger partial charge is 0.119 e. The summed E-state index contributed by atoms with van der Waals surface area (Å²) in [5, 5.41) is 3.50. The van der Waals surface area contributed by atoms with Crippen molar-refractivity contribution in [2.45, 2.75) is 58.9 Å². The average Bonchev–Trinajstić information content (AvgIpc) is 2.44. The molecule has 0 aliphatic carbocycles. The summed E-state index contributed by atoms with van der Waals surface area (Å²) in [6, 6.07) is 8.37. The molecule has 1 rings (SSSR count). The van der Waals surface area contributed by atoms with Crippen molar-refractivity contribution in [1.82, 2.24) is 5.32 Å². The van der Waals surface area contributed by atoms with Gasteiger partial charge in [0.15, 0.2) is 0 Å². The Bertz CT molecular complexity index is 313. The van der Waals surface area contributed by atoms with Crippen LogP contribution in [0.4, 0.5) is 0 Å². The van der Waals surface area contributed by atoms with Crippen LogP contribution in [0.1, 0.15) is 57.9 Å².